The van der Waals surface area contributed by atoms with Crippen LogP contribution in [0.25, 0.3) is 0 Å². The Morgan fingerprint density at radius 1 is 1.09 bits per heavy atom. The maximum Gasteiger partial charge on any atom is 0.305 e. The Morgan fingerprint density at radius 2 is 1.74 bits per heavy atom. The quantitative estimate of drug-likeness (QED) is 0.824. The fourth-order valence-electron chi connectivity index (χ4n) is 2.21. The molecule has 0 saturated heterocycles. The number of nitrogens with one attached hydrogen (secondary N) is 1. The number of aliphatic carboxylic acids is 1. The van der Waals surface area contributed by atoms with Crippen molar-refractivity contribution in [3.63, 3.8) is 0 Å². The lowest BCUT2D eigenvalue weighted by molar-refractivity contribution is -0.137. The second kappa shape index (κ2) is 7.98. The molecule has 0 heterocycles. The van der Waals surface area contributed by atoms with Crippen LogP contribution < -0.4 is 10.1 Å². The van der Waals surface area contributed by atoms with Crippen LogP contribution in [0.3, 0.4) is 0 Å². The summed E-state index contributed by atoms with van der Waals surface area (Å²) in [6, 6.07) is 15.8. The summed E-state index contributed by atoms with van der Waals surface area (Å²) in [7, 11) is 0. The molecule has 2 N–H and O–H groups in total. The smallest absolute Gasteiger partial charge is 0.305 e. The van der Waals surface area contributed by atoms with E-state index >= 15 is 0 Å². The maximum absolute atomic E-state index is 12.1. The second-order valence-corrected chi connectivity index (χ2v) is 5.18. The first-order chi connectivity index (χ1) is 11.1. The summed E-state index contributed by atoms with van der Waals surface area (Å²) in [5.41, 5.74) is 1.68. The van der Waals surface area contributed by atoms with Gasteiger partial charge < -0.3 is 15.2 Å². The first-order valence-corrected chi connectivity index (χ1v) is 7.31. The van der Waals surface area contributed by atoms with Crippen LogP contribution in [0.1, 0.15) is 23.6 Å². The number of carboxylic acids is 1. The van der Waals surface area contributed by atoms with E-state index in [4.69, 9.17) is 9.84 Å². The van der Waals surface area contributed by atoms with E-state index in [-0.39, 0.29) is 18.9 Å². The lowest BCUT2D eigenvalue weighted by Crippen LogP contribution is -2.33. The van der Waals surface area contributed by atoms with Crippen molar-refractivity contribution in [2.24, 2.45) is 0 Å². The van der Waals surface area contributed by atoms with Gasteiger partial charge in [0.1, 0.15) is 5.75 Å². The van der Waals surface area contributed by atoms with E-state index in [1.165, 1.54) is 0 Å². The largest absolute Gasteiger partial charge is 0.484 e. The van der Waals surface area contributed by atoms with Gasteiger partial charge in [0, 0.05) is 0 Å². The van der Waals surface area contributed by atoms with Crippen LogP contribution in [0.2, 0.25) is 0 Å². The number of carbonyl (C=O) groups excluding carboxylic acids is 1. The minimum Gasteiger partial charge on any atom is -0.484 e. The molecule has 2 aromatic carbocycles. The van der Waals surface area contributed by atoms with Gasteiger partial charge in [-0.1, -0.05) is 48.5 Å². The number of rotatable bonds is 7. The molecule has 5 heteroatoms. The van der Waals surface area contributed by atoms with Gasteiger partial charge >= 0.3 is 5.97 Å². The third-order valence-corrected chi connectivity index (χ3v) is 3.37. The summed E-state index contributed by atoms with van der Waals surface area (Å²) < 4.78 is 5.48. The minimum atomic E-state index is -0.973. The Morgan fingerprint density at radius 3 is 2.39 bits per heavy atom. The first-order valence-electron chi connectivity index (χ1n) is 7.31. The zero-order valence-corrected chi connectivity index (χ0v) is 12.9. The first kappa shape index (κ1) is 16.5. The van der Waals surface area contributed by atoms with Gasteiger partial charge in [-0.05, 0) is 24.1 Å². The third-order valence-electron chi connectivity index (χ3n) is 3.37. The van der Waals surface area contributed by atoms with Gasteiger partial charge in [0.25, 0.3) is 5.91 Å². The number of carbonyl (C=O) groups is 2. The van der Waals surface area contributed by atoms with E-state index in [1.54, 1.807) is 30.3 Å². The van der Waals surface area contributed by atoms with Crippen molar-refractivity contribution in [1.29, 1.82) is 0 Å². The van der Waals surface area contributed by atoms with Gasteiger partial charge in [-0.25, -0.2) is 0 Å². The standard InChI is InChI=1S/C18H19NO4/c1-13-7-5-6-10-16(13)23-12-17(20)19-15(11-18(21)22)14-8-3-2-4-9-14/h2-10,15H,11-12H2,1H3,(H,19,20)(H,21,22). The van der Waals surface area contributed by atoms with Crippen LogP contribution in [0.15, 0.2) is 54.6 Å². The molecule has 1 amide bonds. The molecule has 0 fully saturated rings. The molecule has 0 bridgehead atoms. The van der Waals surface area contributed by atoms with Crippen molar-refractivity contribution in [3.8, 4) is 5.75 Å². The van der Waals surface area contributed by atoms with Crippen molar-refractivity contribution < 1.29 is 19.4 Å². The van der Waals surface area contributed by atoms with Gasteiger partial charge in [-0.15, -0.1) is 0 Å². The number of ether oxygens (including phenoxy) is 1. The van der Waals surface area contributed by atoms with Crippen molar-refractivity contribution in [1.82, 2.24) is 5.32 Å². The Bertz CT molecular complexity index is 670. The van der Waals surface area contributed by atoms with Crippen LogP contribution in [0.5, 0.6) is 5.75 Å². The predicted octanol–water partition coefficient (Wildman–Crippen LogP) is 2.71. The van der Waals surface area contributed by atoms with Gasteiger partial charge in [0.2, 0.25) is 0 Å². The van der Waals surface area contributed by atoms with Crippen LogP contribution >= 0.6 is 0 Å². The summed E-state index contributed by atoms with van der Waals surface area (Å²) in [5, 5.41) is 11.7. The summed E-state index contributed by atoms with van der Waals surface area (Å²) in [6.07, 6.45) is -0.180. The zero-order chi connectivity index (χ0) is 16.7. The molecule has 0 aliphatic heterocycles. The van der Waals surface area contributed by atoms with Crippen molar-refractivity contribution >= 4 is 11.9 Å². The average molecular weight is 313 g/mol. The molecule has 0 aliphatic carbocycles. The number of amides is 1. The lowest BCUT2D eigenvalue weighted by atomic mass is 10.0. The molecule has 1 atom stereocenters. The van der Waals surface area contributed by atoms with Crippen molar-refractivity contribution in [3.05, 3.63) is 65.7 Å². The van der Waals surface area contributed by atoms with Gasteiger partial charge in [-0.3, -0.25) is 9.59 Å². The molecule has 1 unspecified atom stereocenters. The van der Waals surface area contributed by atoms with Gasteiger partial charge in [-0.2, -0.15) is 0 Å². The lowest BCUT2D eigenvalue weighted by Gasteiger charge is -2.18. The van der Waals surface area contributed by atoms with E-state index in [0.29, 0.717) is 5.75 Å². The highest BCUT2D eigenvalue weighted by Crippen LogP contribution is 2.18. The van der Waals surface area contributed by atoms with Crippen LogP contribution in [0, 0.1) is 6.92 Å². The Balaban J connectivity index is 1.98. The van der Waals surface area contributed by atoms with E-state index in [1.807, 2.05) is 31.2 Å². The molecule has 23 heavy (non-hydrogen) atoms. The summed E-state index contributed by atoms with van der Waals surface area (Å²) in [6.45, 7) is 1.73. The number of benzene rings is 2. The van der Waals surface area contributed by atoms with E-state index < -0.39 is 12.0 Å². The van der Waals surface area contributed by atoms with Crippen molar-refractivity contribution in [2.45, 2.75) is 19.4 Å². The predicted molar refractivity (Wildman–Crippen MR) is 86.3 cm³/mol. The number of hydrogen-bond acceptors (Lipinski definition) is 3. The van der Waals surface area contributed by atoms with E-state index in [0.717, 1.165) is 11.1 Å². The zero-order valence-electron chi connectivity index (χ0n) is 12.9. The molecule has 0 radical (unpaired) electrons. The van der Waals surface area contributed by atoms with Gasteiger partial charge in [0.05, 0.1) is 12.5 Å². The molecular weight excluding hydrogens is 294 g/mol. The van der Waals surface area contributed by atoms with Crippen LogP contribution in [-0.2, 0) is 9.59 Å². The Kier molecular flexibility index (Phi) is 5.74. The molecule has 0 saturated carbocycles. The molecule has 0 aliphatic rings. The molecule has 0 aromatic heterocycles. The van der Waals surface area contributed by atoms with E-state index in [2.05, 4.69) is 5.32 Å². The highest BCUT2D eigenvalue weighted by molar-refractivity contribution is 5.79. The van der Waals surface area contributed by atoms with Crippen molar-refractivity contribution in [2.75, 3.05) is 6.61 Å². The van der Waals surface area contributed by atoms with Crippen LogP contribution in [0.4, 0.5) is 0 Å². The minimum absolute atomic E-state index is 0.159. The Hall–Kier alpha value is -2.82. The monoisotopic (exact) mass is 313 g/mol. The highest BCUT2D eigenvalue weighted by atomic mass is 16.5. The number of hydrogen-bond donors (Lipinski definition) is 2. The fraction of sp³-hybridized carbons (Fsp3) is 0.222. The number of carboxylic acid groups (broad SMARTS) is 1. The topological polar surface area (TPSA) is 75.6 Å². The molecule has 2 aromatic rings. The summed E-state index contributed by atoms with van der Waals surface area (Å²) in [4.78, 5) is 23.1. The number of aryl methyl sites for hydroxylation is 1. The Labute approximate surface area is 134 Å². The molecule has 2 rings (SSSR count). The molecule has 120 valence electrons. The summed E-state index contributed by atoms with van der Waals surface area (Å²) >= 11 is 0. The van der Waals surface area contributed by atoms with E-state index in [9.17, 15) is 9.59 Å². The van der Waals surface area contributed by atoms with Crippen LogP contribution in [-0.4, -0.2) is 23.6 Å². The molecular formula is C18H19NO4. The second-order valence-electron chi connectivity index (χ2n) is 5.18. The maximum atomic E-state index is 12.1. The molecule has 5 nitrogen and oxygen atoms in total. The normalized spacial score (nSPS) is 11.5. The summed E-state index contributed by atoms with van der Waals surface area (Å²) in [5.74, 6) is -0.695. The van der Waals surface area contributed by atoms with Gasteiger partial charge in [0.15, 0.2) is 6.61 Å². The third kappa shape index (κ3) is 5.14. The molecule has 0 spiro atoms. The SMILES string of the molecule is Cc1ccccc1OCC(=O)NC(CC(=O)O)c1ccccc1. The fourth-order valence-corrected chi connectivity index (χ4v) is 2.21. The number of para-hydroxylation sites is 1. The average Bonchev–Trinajstić information content (AvgIpc) is 2.54. The highest BCUT2D eigenvalue weighted by Gasteiger charge is 2.18.